The first-order valence-electron chi connectivity index (χ1n) is 12.4. The van der Waals surface area contributed by atoms with Crippen LogP contribution in [0.15, 0.2) is 53.4 Å². The molecule has 0 spiro atoms. The zero-order valence-corrected chi connectivity index (χ0v) is 21.3. The lowest BCUT2D eigenvalue weighted by Gasteiger charge is -2.34. The third-order valence-electron chi connectivity index (χ3n) is 6.63. The van der Waals surface area contributed by atoms with E-state index in [1.165, 1.54) is 0 Å². The van der Waals surface area contributed by atoms with Crippen LogP contribution in [0, 0.1) is 6.92 Å². The Morgan fingerprint density at radius 2 is 1.66 bits per heavy atom. The van der Waals surface area contributed by atoms with Crippen molar-refractivity contribution in [3.8, 4) is 0 Å². The Morgan fingerprint density at radius 3 is 2.37 bits per heavy atom. The lowest BCUT2D eigenvalue weighted by atomic mass is 10.1. The van der Waals surface area contributed by atoms with Crippen LogP contribution in [-0.2, 0) is 21.3 Å². The van der Waals surface area contributed by atoms with Gasteiger partial charge in [0.1, 0.15) is 0 Å². The minimum Gasteiger partial charge on any atom is -0.379 e. The van der Waals surface area contributed by atoms with Gasteiger partial charge in [-0.3, -0.25) is 14.6 Å². The molecule has 2 aromatic rings. The van der Waals surface area contributed by atoms with Gasteiger partial charge in [0.25, 0.3) is 5.91 Å². The second-order valence-electron chi connectivity index (χ2n) is 9.26. The number of carbonyl (C=O) groups is 1. The second kappa shape index (κ2) is 12.1. The first-order chi connectivity index (χ1) is 16.9. The van der Waals surface area contributed by atoms with E-state index >= 15 is 0 Å². The highest BCUT2D eigenvalue weighted by Crippen LogP contribution is 2.19. The fraction of sp³-hybridized carbons (Fsp3) is 0.500. The topological polar surface area (TPSA) is 82.2 Å². The molecule has 1 amide bonds. The zero-order chi connectivity index (χ0) is 24.7. The van der Waals surface area contributed by atoms with E-state index in [1.807, 2.05) is 43.3 Å². The zero-order valence-electron chi connectivity index (χ0n) is 20.5. The highest BCUT2D eigenvalue weighted by atomic mass is 32.2. The Balaban J connectivity index is 1.23. The molecule has 0 aliphatic carbocycles. The molecule has 0 bridgehead atoms. The van der Waals surface area contributed by atoms with Crippen molar-refractivity contribution >= 4 is 15.9 Å². The number of amides is 1. The van der Waals surface area contributed by atoms with Crippen molar-refractivity contribution in [3.05, 3.63) is 65.2 Å². The smallest absolute Gasteiger partial charge is 0.251 e. The van der Waals surface area contributed by atoms with Crippen molar-refractivity contribution in [2.75, 3.05) is 65.6 Å². The van der Waals surface area contributed by atoms with Gasteiger partial charge >= 0.3 is 0 Å². The molecule has 2 heterocycles. The molecule has 2 aliphatic rings. The normalized spacial score (nSPS) is 18.4. The maximum absolute atomic E-state index is 12.9. The summed E-state index contributed by atoms with van der Waals surface area (Å²) in [5.74, 6) is -0.0529. The lowest BCUT2D eigenvalue weighted by molar-refractivity contribution is 0.0374. The molecule has 2 aliphatic heterocycles. The quantitative estimate of drug-likeness (QED) is 0.530. The van der Waals surface area contributed by atoms with Gasteiger partial charge in [-0.1, -0.05) is 29.8 Å². The van der Waals surface area contributed by atoms with Crippen molar-refractivity contribution in [1.29, 1.82) is 0 Å². The van der Waals surface area contributed by atoms with Gasteiger partial charge in [0, 0.05) is 57.9 Å². The molecule has 4 rings (SSSR count). The Hall–Kier alpha value is -2.30. The number of nitrogens with zero attached hydrogens (tertiary/aromatic N) is 3. The predicted octanol–water partition coefficient (Wildman–Crippen LogP) is 1.95. The first kappa shape index (κ1) is 25.8. The van der Waals surface area contributed by atoms with Gasteiger partial charge in [-0.05, 0) is 49.7 Å². The van der Waals surface area contributed by atoms with Crippen LogP contribution in [0.4, 0.5) is 0 Å². The van der Waals surface area contributed by atoms with Crippen LogP contribution in [0.3, 0.4) is 0 Å². The summed E-state index contributed by atoms with van der Waals surface area (Å²) in [6, 6.07) is 14.7. The van der Waals surface area contributed by atoms with Crippen LogP contribution < -0.4 is 5.32 Å². The van der Waals surface area contributed by atoms with Gasteiger partial charge in [-0.25, -0.2) is 8.42 Å². The lowest BCUT2D eigenvalue weighted by Crippen LogP contribution is -2.48. The molecular weight excluding hydrogens is 464 g/mol. The van der Waals surface area contributed by atoms with Crippen LogP contribution in [0.25, 0.3) is 0 Å². The number of nitrogens with one attached hydrogen (secondary N) is 1. The first-order valence-corrected chi connectivity index (χ1v) is 13.8. The average Bonchev–Trinajstić information content (AvgIpc) is 2.88. The van der Waals surface area contributed by atoms with E-state index in [1.54, 1.807) is 16.4 Å². The molecule has 2 fully saturated rings. The summed E-state index contributed by atoms with van der Waals surface area (Å²) >= 11 is 0. The maximum Gasteiger partial charge on any atom is 0.251 e. The molecular formula is C26H36N4O4S. The van der Waals surface area contributed by atoms with Crippen LogP contribution in [0.5, 0.6) is 0 Å². The molecule has 1 N–H and O–H groups in total. The van der Waals surface area contributed by atoms with Crippen molar-refractivity contribution in [1.82, 2.24) is 19.4 Å². The number of rotatable bonds is 9. The van der Waals surface area contributed by atoms with Gasteiger partial charge < -0.3 is 10.1 Å². The number of morpholine rings is 1. The molecule has 9 heteroatoms. The van der Waals surface area contributed by atoms with Crippen LogP contribution in [0.2, 0.25) is 0 Å². The highest BCUT2D eigenvalue weighted by Gasteiger charge is 2.28. The average molecular weight is 501 g/mol. The fourth-order valence-corrected chi connectivity index (χ4v) is 5.91. The molecule has 190 valence electrons. The molecule has 2 saturated heterocycles. The van der Waals surface area contributed by atoms with E-state index in [0.717, 1.165) is 50.4 Å². The molecule has 0 aromatic heterocycles. The standard InChI is InChI=1S/C26H36N4O4S/c1-22-6-8-25(9-7-22)35(32,33)30-14-12-29(13-15-30)21-23-4-2-5-24(20-23)26(31)27-10-3-11-28-16-18-34-19-17-28/h2,4-9,20H,3,10-19,21H2,1H3,(H,27,31). The number of ether oxygens (including phenoxy) is 1. The number of aryl methyl sites for hydroxylation is 1. The van der Waals surface area contributed by atoms with Gasteiger partial charge in [-0.15, -0.1) is 0 Å². The van der Waals surface area contributed by atoms with Crippen molar-refractivity contribution in [2.45, 2.75) is 24.8 Å². The van der Waals surface area contributed by atoms with E-state index in [-0.39, 0.29) is 5.91 Å². The summed E-state index contributed by atoms with van der Waals surface area (Å²) < 4.78 is 32.8. The predicted molar refractivity (Wildman–Crippen MR) is 136 cm³/mol. The molecule has 2 aromatic carbocycles. The third-order valence-corrected chi connectivity index (χ3v) is 8.54. The van der Waals surface area contributed by atoms with Crippen LogP contribution in [0.1, 0.15) is 27.9 Å². The monoisotopic (exact) mass is 500 g/mol. The number of hydrogen-bond acceptors (Lipinski definition) is 6. The Labute approximate surface area is 208 Å². The van der Waals surface area contributed by atoms with E-state index in [2.05, 4.69) is 15.1 Å². The minimum atomic E-state index is -3.47. The molecule has 0 saturated carbocycles. The second-order valence-corrected chi connectivity index (χ2v) is 11.2. The molecule has 0 unspecified atom stereocenters. The number of benzene rings is 2. The summed E-state index contributed by atoms with van der Waals surface area (Å²) in [6.07, 6.45) is 0.918. The van der Waals surface area contributed by atoms with Gasteiger partial charge in [0.15, 0.2) is 0 Å². The van der Waals surface area contributed by atoms with Crippen molar-refractivity contribution in [2.24, 2.45) is 0 Å². The van der Waals surface area contributed by atoms with Gasteiger partial charge in [0.05, 0.1) is 18.1 Å². The number of carbonyl (C=O) groups excluding carboxylic acids is 1. The highest BCUT2D eigenvalue weighted by molar-refractivity contribution is 7.89. The van der Waals surface area contributed by atoms with E-state index in [9.17, 15) is 13.2 Å². The Kier molecular flexibility index (Phi) is 8.91. The van der Waals surface area contributed by atoms with Crippen molar-refractivity contribution < 1.29 is 17.9 Å². The van der Waals surface area contributed by atoms with Gasteiger partial charge in [0.2, 0.25) is 10.0 Å². The molecule has 8 nitrogen and oxygen atoms in total. The summed E-state index contributed by atoms with van der Waals surface area (Å²) in [5.41, 5.74) is 2.76. The number of sulfonamides is 1. The third kappa shape index (κ3) is 7.11. The van der Waals surface area contributed by atoms with E-state index < -0.39 is 10.0 Å². The van der Waals surface area contributed by atoms with Crippen molar-refractivity contribution in [3.63, 3.8) is 0 Å². The summed E-state index contributed by atoms with van der Waals surface area (Å²) in [7, 11) is -3.47. The molecule has 35 heavy (non-hydrogen) atoms. The summed E-state index contributed by atoms with van der Waals surface area (Å²) in [6.45, 7) is 9.98. The summed E-state index contributed by atoms with van der Waals surface area (Å²) in [4.78, 5) is 17.6. The Morgan fingerprint density at radius 1 is 0.943 bits per heavy atom. The fourth-order valence-electron chi connectivity index (χ4n) is 4.49. The Bertz CT molecular complexity index is 1080. The largest absolute Gasteiger partial charge is 0.379 e. The minimum absolute atomic E-state index is 0.0529. The van der Waals surface area contributed by atoms with Crippen LogP contribution in [-0.4, -0.2) is 94.0 Å². The van der Waals surface area contributed by atoms with E-state index in [4.69, 9.17) is 4.74 Å². The van der Waals surface area contributed by atoms with E-state index in [0.29, 0.717) is 49.7 Å². The summed E-state index contributed by atoms with van der Waals surface area (Å²) in [5, 5.41) is 3.03. The molecule has 0 atom stereocenters. The van der Waals surface area contributed by atoms with Crippen LogP contribution >= 0.6 is 0 Å². The maximum atomic E-state index is 12.9. The SMILES string of the molecule is Cc1ccc(S(=O)(=O)N2CCN(Cc3cccc(C(=O)NCCCN4CCOCC4)c3)CC2)cc1. The van der Waals surface area contributed by atoms with Gasteiger partial charge in [-0.2, -0.15) is 4.31 Å². The number of piperazine rings is 1. The number of hydrogen-bond donors (Lipinski definition) is 1. The molecule has 0 radical (unpaired) electrons.